The lowest BCUT2D eigenvalue weighted by atomic mass is 9.64. The summed E-state index contributed by atoms with van der Waals surface area (Å²) in [6.45, 7) is 10.6. The molecule has 2 saturated carbocycles. The molecule has 0 aliphatic heterocycles. The van der Waals surface area contributed by atoms with Gasteiger partial charge in [0.2, 0.25) is 0 Å². The molecule has 2 bridgehead atoms. The van der Waals surface area contributed by atoms with Crippen molar-refractivity contribution < 1.29 is 47.2 Å². The zero-order chi connectivity index (χ0) is 44.3. The Morgan fingerprint density at radius 1 is 0.967 bits per heavy atom. The minimum Gasteiger partial charge on any atom is -0.497 e. The van der Waals surface area contributed by atoms with E-state index in [0.29, 0.717) is 72.1 Å². The molecule has 4 aliphatic rings. The first-order valence-corrected chi connectivity index (χ1v) is 21.9. The van der Waals surface area contributed by atoms with E-state index in [1.165, 1.54) is 12.1 Å². The Morgan fingerprint density at radius 2 is 1.74 bits per heavy atom. The molecule has 0 spiro atoms. The van der Waals surface area contributed by atoms with Crippen LogP contribution in [0.15, 0.2) is 72.3 Å². The number of amides is 1. The Balaban J connectivity index is 1.44. The highest BCUT2D eigenvalue weighted by Gasteiger charge is 2.58. The third-order valence-electron chi connectivity index (χ3n) is 14.1. The van der Waals surface area contributed by atoms with Crippen molar-refractivity contribution >= 4 is 11.9 Å². The highest BCUT2D eigenvalue weighted by atomic mass is 19.4. The van der Waals surface area contributed by atoms with E-state index in [1.807, 2.05) is 32.0 Å². The predicted molar refractivity (Wildman–Crippen MR) is 230 cm³/mol. The van der Waals surface area contributed by atoms with Crippen LogP contribution in [0.2, 0.25) is 0 Å². The number of ether oxygens (including phenoxy) is 3. The van der Waals surface area contributed by atoms with Crippen molar-refractivity contribution in [3.05, 3.63) is 106 Å². The molecule has 61 heavy (non-hydrogen) atoms. The molecular weight excluding hydrogens is 784 g/mol. The van der Waals surface area contributed by atoms with Crippen LogP contribution in [0.1, 0.15) is 136 Å². The molecule has 3 aromatic carbocycles. The Kier molecular flexibility index (Phi) is 14.3. The van der Waals surface area contributed by atoms with Crippen LogP contribution in [0.4, 0.5) is 18.0 Å². The average Bonchev–Trinajstić information content (AvgIpc) is 3.47. The van der Waals surface area contributed by atoms with Crippen molar-refractivity contribution in [3.63, 3.8) is 0 Å². The first kappa shape index (κ1) is 46.2. The molecule has 11 heteroatoms. The lowest BCUT2D eigenvalue weighted by Gasteiger charge is -2.46. The third-order valence-corrected chi connectivity index (χ3v) is 14.1. The van der Waals surface area contributed by atoms with Gasteiger partial charge in [0.25, 0.3) is 0 Å². The number of hydrogen-bond acceptors (Lipinski definition) is 7. The number of ketones is 1. The molecule has 4 aliphatic carbocycles. The highest BCUT2D eigenvalue weighted by Crippen LogP contribution is 2.59. The molecular formula is C50H64F3NO7. The predicted octanol–water partition coefficient (Wildman–Crippen LogP) is 11.1. The van der Waals surface area contributed by atoms with Crippen LogP contribution in [0.3, 0.4) is 0 Å². The number of halogens is 3. The average molecular weight is 848 g/mol. The summed E-state index contributed by atoms with van der Waals surface area (Å²) >= 11 is 0. The van der Waals surface area contributed by atoms with Crippen LogP contribution in [-0.4, -0.2) is 65.6 Å². The number of rotatable bonds is 10. The number of fused-ring (bicyclic) bond motifs is 8. The summed E-state index contributed by atoms with van der Waals surface area (Å²) in [7, 11) is 3.13. The number of aliphatic hydroxyl groups is 2. The third kappa shape index (κ3) is 10.3. The monoisotopic (exact) mass is 847 g/mol. The van der Waals surface area contributed by atoms with Gasteiger partial charge in [-0.25, -0.2) is 4.79 Å². The molecule has 332 valence electrons. The summed E-state index contributed by atoms with van der Waals surface area (Å²) in [5, 5.41) is 24.3. The van der Waals surface area contributed by atoms with Crippen LogP contribution in [-0.2, 0) is 23.9 Å². The number of carbonyl (C=O) groups excluding carboxylic acids is 2. The van der Waals surface area contributed by atoms with E-state index in [2.05, 4.69) is 26.8 Å². The van der Waals surface area contributed by atoms with Gasteiger partial charge in [-0.3, -0.25) is 4.79 Å². The maximum absolute atomic E-state index is 14.7. The molecule has 1 amide bonds. The van der Waals surface area contributed by atoms with Gasteiger partial charge < -0.3 is 29.3 Å². The molecule has 0 radical (unpaired) electrons. The van der Waals surface area contributed by atoms with Gasteiger partial charge in [-0.2, -0.15) is 13.2 Å². The Labute approximate surface area is 359 Å². The number of carbonyl (C=O) groups is 2. The standard InChI is InChI=1S/C50H64F3NO7/c1-31(2)40-19-14-33(4)24-45(40)61-47(57)54(29-36-16-18-39(59-6)28-44(36)60-7)30-49(58)23-21-43-41-20-15-34(25-38(55)17-13-32(3)10-9-22-48(43,49)5)26-42(41)46(56)35-11-8-12-37(27-35)50(51,52)53/h8,10-12,15-16,18,20,26-28,31,33,38,40,43,45,55,58H,9,13-14,17,19,21-25,29-30H2,1-7H3/t33-,38-,40+,43-,45-,48-,49+/m0/s1. The van der Waals surface area contributed by atoms with E-state index in [9.17, 15) is 33.0 Å². The van der Waals surface area contributed by atoms with Crippen molar-refractivity contribution in [1.29, 1.82) is 0 Å². The SMILES string of the molecule is COc1ccc(CN(C[C@]2(O)CC[C@H]3c4ccc(cc4C(=O)c4cccc(C(F)(F)F)c4)C[C@@H](O)CCC(C)=CCC[C@@]32C)C(=O)O[C@H]2C[C@@H](C)CC[C@@H]2C(C)C)c(OC)c1. The second-order valence-corrected chi connectivity index (χ2v) is 18.6. The maximum atomic E-state index is 14.7. The topological polar surface area (TPSA) is 106 Å². The fourth-order valence-electron chi connectivity index (χ4n) is 10.3. The Hall–Kier alpha value is -4.35. The van der Waals surface area contributed by atoms with Gasteiger partial charge in [-0.05, 0) is 130 Å². The summed E-state index contributed by atoms with van der Waals surface area (Å²) in [5.41, 5.74) is -0.0431. The van der Waals surface area contributed by atoms with Gasteiger partial charge in [0, 0.05) is 28.2 Å². The number of benzene rings is 3. The van der Waals surface area contributed by atoms with Crippen LogP contribution in [0.25, 0.3) is 0 Å². The zero-order valence-electron chi connectivity index (χ0n) is 36.8. The summed E-state index contributed by atoms with van der Waals surface area (Å²) in [6.07, 6.45) is 1.99. The number of aliphatic hydroxyl groups excluding tert-OH is 1. The van der Waals surface area contributed by atoms with Crippen molar-refractivity contribution in [3.8, 4) is 11.5 Å². The first-order chi connectivity index (χ1) is 28.8. The number of hydrogen-bond donors (Lipinski definition) is 2. The fraction of sp³-hybridized carbons (Fsp3) is 0.560. The lowest BCUT2D eigenvalue weighted by Crippen LogP contribution is -2.54. The number of alkyl halides is 3. The second-order valence-electron chi connectivity index (χ2n) is 18.6. The number of nitrogens with zero attached hydrogens (tertiary/aromatic N) is 1. The highest BCUT2D eigenvalue weighted by molar-refractivity contribution is 6.10. The number of methoxy groups -OCH3 is 2. The first-order valence-electron chi connectivity index (χ1n) is 21.9. The van der Waals surface area contributed by atoms with Crippen molar-refractivity contribution in [2.45, 2.75) is 135 Å². The molecule has 2 fully saturated rings. The van der Waals surface area contributed by atoms with Gasteiger partial charge >= 0.3 is 12.3 Å². The van der Waals surface area contributed by atoms with Crippen molar-refractivity contribution in [2.24, 2.45) is 23.2 Å². The summed E-state index contributed by atoms with van der Waals surface area (Å²) in [5.74, 6) is 1.03. The minimum atomic E-state index is -4.64. The van der Waals surface area contributed by atoms with E-state index < -0.39 is 46.7 Å². The van der Waals surface area contributed by atoms with Gasteiger partial charge in [-0.15, -0.1) is 0 Å². The molecule has 7 atom stereocenters. The largest absolute Gasteiger partial charge is 0.497 e. The van der Waals surface area contributed by atoms with Gasteiger partial charge in [0.15, 0.2) is 5.78 Å². The zero-order valence-corrected chi connectivity index (χ0v) is 36.8. The van der Waals surface area contributed by atoms with E-state index in [4.69, 9.17) is 14.2 Å². The molecule has 0 saturated heterocycles. The normalized spacial score (nSPS) is 27.2. The fourth-order valence-corrected chi connectivity index (χ4v) is 10.3. The summed E-state index contributed by atoms with van der Waals surface area (Å²) < 4.78 is 59.4. The molecule has 7 rings (SSSR count). The number of allylic oxidation sites excluding steroid dienone is 2. The van der Waals surface area contributed by atoms with Gasteiger partial charge in [0.1, 0.15) is 17.6 Å². The molecule has 0 heterocycles. The quantitative estimate of drug-likeness (QED) is 0.155. The van der Waals surface area contributed by atoms with Gasteiger partial charge in [-0.1, -0.05) is 70.0 Å². The van der Waals surface area contributed by atoms with Crippen molar-refractivity contribution in [1.82, 2.24) is 4.90 Å². The van der Waals surface area contributed by atoms with E-state index in [0.717, 1.165) is 37.0 Å². The van der Waals surface area contributed by atoms with Gasteiger partial charge in [0.05, 0.1) is 44.6 Å². The minimum absolute atomic E-state index is 0.0769. The molecule has 2 N–H and O–H groups in total. The smallest absolute Gasteiger partial charge is 0.416 e. The van der Waals surface area contributed by atoms with Crippen LogP contribution in [0, 0.1) is 23.2 Å². The van der Waals surface area contributed by atoms with E-state index in [1.54, 1.807) is 37.3 Å². The second kappa shape index (κ2) is 19.0. The van der Waals surface area contributed by atoms with E-state index in [-0.39, 0.29) is 49.1 Å². The molecule has 3 aromatic rings. The molecule has 0 aromatic heterocycles. The van der Waals surface area contributed by atoms with Crippen LogP contribution in [0.5, 0.6) is 11.5 Å². The van der Waals surface area contributed by atoms with Crippen LogP contribution < -0.4 is 9.47 Å². The van der Waals surface area contributed by atoms with Crippen molar-refractivity contribution in [2.75, 3.05) is 20.8 Å². The van der Waals surface area contributed by atoms with E-state index >= 15 is 0 Å². The summed E-state index contributed by atoms with van der Waals surface area (Å²) in [4.78, 5) is 30.8. The maximum Gasteiger partial charge on any atom is 0.416 e. The summed E-state index contributed by atoms with van der Waals surface area (Å²) in [6, 6.07) is 15.3. The molecule has 0 unspecified atom stereocenters. The molecule has 8 nitrogen and oxygen atoms in total. The van der Waals surface area contributed by atoms with Crippen LogP contribution >= 0.6 is 0 Å². The Bertz CT molecular complexity index is 2060. The Morgan fingerprint density at radius 3 is 2.44 bits per heavy atom. The lowest BCUT2D eigenvalue weighted by molar-refractivity contribution is -0.137.